The Hall–Kier alpha value is -2.08. The molecule has 2 aromatic rings. The number of benzene rings is 1. The normalized spacial score (nSPS) is 10.1. The van der Waals surface area contributed by atoms with Gasteiger partial charge < -0.3 is 14.6 Å². The van der Waals surface area contributed by atoms with Crippen LogP contribution in [0.2, 0.25) is 0 Å². The maximum absolute atomic E-state index is 10.7. The summed E-state index contributed by atoms with van der Waals surface area (Å²) < 4.78 is 10.5. The van der Waals surface area contributed by atoms with Crippen LogP contribution < -0.4 is 9.47 Å². The van der Waals surface area contributed by atoms with Crippen LogP contribution >= 0.6 is 11.3 Å². The topological polar surface area (TPSA) is 68.7 Å². The summed E-state index contributed by atoms with van der Waals surface area (Å²) in [6, 6.07) is 7.17. The lowest BCUT2D eigenvalue weighted by molar-refractivity contribution is 0.0696. The van der Waals surface area contributed by atoms with E-state index >= 15 is 0 Å². The van der Waals surface area contributed by atoms with E-state index in [4.69, 9.17) is 14.6 Å². The van der Waals surface area contributed by atoms with E-state index in [1.165, 1.54) is 6.20 Å². The molecule has 0 atom stereocenters. The first-order valence-corrected chi connectivity index (χ1v) is 5.95. The fourth-order valence-corrected chi connectivity index (χ4v) is 1.96. The lowest BCUT2D eigenvalue weighted by atomic mass is 10.3. The number of hydrogen-bond donors (Lipinski definition) is 1. The maximum Gasteiger partial charge on any atom is 0.365 e. The standard InChI is InChI=1S/C12H11NO4S/c1-16-8-2-4-9(5-3-8)17-7-10-6-13-11(18-10)12(14)15/h2-6H,7H2,1H3,(H,14,15). The van der Waals surface area contributed by atoms with Crippen LogP contribution in [-0.4, -0.2) is 23.2 Å². The van der Waals surface area contributed by atoms with Crippen molar-refractivity contribution in [3.63, 3.8) is 0 Å². The van der Waals surface area contributed by atoms with E-state index in [0.717, 1.165) is 22.0 Å². The Morgan fingerprint density at radius 1 is 1.33 bits per heavy atom. The molecule has 0 fully saturated rings. The zero-order chi connectivity index (χ0) is 13.0. The van der Waals surface area contributed by atoms with Crippen LogP contribution in [0.1, 0.15) is 14.7 Å². The van der Waals surface area contributed by atoms with E-state index in [9.17, 15) is 4.79 Å². The Labute approximate surface area is 108 Å². The number of carbonyl (C=O) groups is 1. The number of hydrogen-bond acceptors (Lipinski definition) is 5. The number of aromatic nitrogens is 1. The molecule has 18 heavy (non-hydrogen) atoms. The number of methoxy groups -OCH3 is 1. The van der Waals surface area contributed by atoms with Gasteiger partial charge in [-0.15, -0.1) is 11.3 Å². The number of carboxylic acids is 1. The van der Waals surface area contributed by atoms with Gasteiger partial charge in [0.15, 0.2) is 0 Å². The molecule has 0 radical (unpaired) electrons. The van der Waals surface area contributed by atoms with Crippen molar-refractivity contribution in [3.05, 3.63) is 40.3 Å². The number of rotatable bonds is 5. The largest absolute Gasteiger partial charge is 0.497 e. The molecule has 1 aromatic heterocycles. The number of thiazole rings is 1. The third-order valence-electron chi connectivity index (χ3n) is 2.18. The molecule has 5 nitrogen and oxygen atoms in total. The van der Waals surface area contributed by atoms with Crippen molar-refractivity contribution in [3.8, 4) is 11.5 Å². The second kappa shape index (κ2) is 5.50. The second-order valence-electron chi connectivity index (χ2n) is 3.40. The molecule has 1 N–H and O–H groups in total. The van der Waals surface area contributed by atoms with Crippen molar-refractivity contribution in [2.24, 2.45) is 0 Å². The summed E-state index contributed by atoms with van der Waals surface area (Å²) in [6.07, 6.45) is 1.51. The molecule has 0 saturated carbocycles. The van der Waals surface area contributed by atoms with Gasteiger partial charge in [-0.25, -0.2) is 9.78 Å². The van der Waals surface area contributed by atoms with Crippen LogP contribution in [0.25, 0.3) is 0 Å². The van der Waals surface area contributed by atoms with Crippen LogP contribution in [0, 0.1) is 0 Å². The third-order valence-corrected chi connectivity index (χ3v) is 3.14. The molecule has 0 bridgehead atoms. The summed E-state index contributed by atoms with van der Waals surface area (Å²) in [5.41, 5.74) is 0. The fraction of sp³-hybridized carbons (Fsp3) is 0.167. The van der Waals surface area contributed by atoms with Crippen LogP contribution in [0.15, 0.2) is 30.5 Å². The highest BCUT2D eigenvalue weighted by Crippen LogP contribution is 2.20. The Bertz CT molecular complexity index is 535. The first kappa shape index (κ1) is 12.4. The summed E-state index contributed by atoms with van der Waals surface area (Å²) in [5.74, 6) is 0.435. The van der Waals surface area contributed by atoms with Gasteiger partial charge in [-0.2, -0.15) is 0 Å². The predicted molar refractivity (Wildman–Crippen MR) is 66.4 cm³/mol. The van der Waals surface area contributed by atoms with Gasteiger partial charge in [0, 0.05) is 6.20 Å². The second-order valence-corrected chi connectivity index (χ2v) is 4.52. The predicted octanol–water partition coefficient (Wildman–Crippen LogP) is 2.43. The first-order chi connectivity index (χ1) is 8.69. The average Bonchev–Trinajstić information content (AvgIpc) is 2.86. The molecule has 94 valence electrons. The summed E-state index contributed by atoms with van der Waals surface area (Å²) in [4.78, 5) is 15.2. The fourth-order valence-electron chi connectivity index (χ4n) is 1.30. The Morgan fingerprint density at radius 2 is 2.00 bits per heavy atom. The van der Waals surface area contributed by atoms with E-state index in [2.05, 4.69) is 4.98 Å². The minimum atomic E-state index is -1.02. The molecule has 6 heteroatoms. The quantitative estimate of drug-likeness (QED) is 0.899. The number of aromatic carboxylic acids is 1. The van der Waals surface area contributed by atoms with Crippen LogP contribution in [0.4, 0.5) is 0 Å². The van der Waals surface area contributed by atoms with E-state index in [1.807, 2.05) is 0 Å². The Balaban J connectivity index is 1.95. The molecule has 0 aliphatic heterocycles. The van der Waals surface area contributed by atoms with E-state index in [-0.39, 0.29) is 5.01 Å². The molecule has 2 rings (SSSR count). The molecular weight excluding hydrogens is 254 g/mol. The SMILES string of the molecule is COc1ccc(OCc2cnc(C(=O)O)s2)cc1. The third kappa shape index (κ3) is 2.98. The van der Waals surface area contributed by atoms with Crippen LogP contribution in [0.5, 0.6) is 11.5 Å². The number of carboxylic acid groups (broad SMARTS) is 1. The average molecular weight is 265 g/mol. The highest BCUT2D eigenvalue weighted by molar-refractivity contribution is 7.13. The van der Waals surface area contributed by atoms with Crippen molar-refractivity contribution in [2.75, 3.05) is 7.11 Å². The van der Waals surface area contributed by atoms with Gasteiger partial charge in [-0.05, 0) is 24.3 Å². The molecule has 0 spiro atoms. The van der Waals surface area contributed by atoms with E-state index < -0.39 is 5.97 Å². The molecule has 0 aliphatic rings. The van der Waals surface area contributed by atoms with Crippen LogP contribution in [-0.2, 0) is 6.61 Å². The Morgan fingerprint density at radius 3 is 2.56 bits per heavy atom. The van der Waals surface area contributed by atoms with Gasteiger partial charge >= 0.3 is 5.97 Å². The molecule has 0 unspecified atom stereocenters. The summed E-state index contributed by atoms with van der Waals surface area (Å²) >= 11 is 1.11. The maximum atomic E-state index is 10.7. The zero-order valence-corrected chi connectivity index (χ0v) is 10.4. The molecule has 1 aromatic carbocycles. The van der Waals surface area contributed by atoms with Crippen molar-refractivity contribution < 1.29 is 19.4 Å². The molecule has 0 amide bonds. The van der Waals surface area contributed by atoms with Crippen LogP contribution in [0.3, 0.4) is 0 Å². The Kier molecular flexibility index (Phi) is 3.78. The highest BCUT2D eigenvalue weighted by Gasteiger charge is 2.09. The smallest absolute Gasteiger partial charge is 0.365 e. The van der Waals surface area contributed by atoms with Crippen molar-refractivity contribution in [1.82, 2.24) is 4.98 Å². The zero-order valence-electron chi connectivity index (χ0n) is 9.62. The number of ether oxygens (including phenoxy) is 2. The lowest BCUT2D eigenvalue weighted by Crippen LogP contribution is -1.93. The van der Waals surface area contributed by atoms with Crippen molar-refractivity contribution >= 4 is 17.3 Å². The van der Waals surface area contributed by atoms with Gasteiger partial charge in [0.1, 0.15) is 18.1 Å². The molecular formula is C12H11NO4S. The summed E-state index contributed by atoms with van der Waals surface area (Å²) in [7, 11) is 1.60. The number of nitrogens with zero attached hydrogens (tertiary/aromatic N) is 1. The van der Waals surface area contributed by atoms with Gasteiger partial charge in [0.2, 0.25) is 5.01 Å². The lowest BCUT2D eigenvalue weighted by Gasteiger charge is -2.05. The minimum absolute atomic E-state index is 0.0725. The molecule has 1 heterocycles. The summed E-state index contributed by atoms with van der Waals surface area (Å²) in [6.45, 7) is 0.303. The van der Waals surface area contributed by atoms with Gasteiger partial charge in [-0.1, -0.05) is 0 Å². The molecule has 0 saturated heterocycles. The van der Waals surface area contributed by atoms with Gasteiger partial charge in [-0.3, -0.25) is 0 Å². The molecule has 0 aliphatic carbocycles. The van der Waals surface area contributed by atoms with Crippen molar-refractivity contribution in [2.45, 2.75) is 6.61 Å². The first-order valence-electron chi connectivity index (χ1n) is 5.14. The monoisotopic (exact) mass is 265 g/mol. The van der Waals surface area contributed by atoms with Gasteiger partial charge in [0.25, 0.3) is 0 Å². The van der Waals surface area contributed by atoms with Crippen molar-refractivity contribution in [1.29, 1.82) is 0 Å². The minimum Gasteiger partial charge on any atom is -0.497 e. The summed E-state index contributed by atoms with van der Waals surface area (Å²) in [5, 5.41) is 8.81. The van der Waals surface area contributed by atoms with E-state index in [0.29, 0.717) is 12.4 Å². The van der Waals surface area contributed by atoms with Gasteiger partial charge in [0.05, 0.1) is 12.0 Å². The van der Waals surface area contributed by atoms with E-state index in [1.54, 1.807) is 31.4 Å². The highest BCUT2D eigenvalue weighted by atomic mass is 32.1.